The Kier molecular flexibility index (Phi) is 5.14. The zero-order valence-corrected chi connectivity index (χ0v) is 16.2. The van der Waals surface area contributed by atoms with Gasteiger partial charge in [0.25, 0.3) is 0 Å². The molecule has 3 aromatic carbocycles. The van der Waals surface area contributed by atoms with E-state index in [9.17, 15) is 19.8 Å². The molecule has 0 bridgehead atoms. The van der Waals surface area contributed by atoms with E-state index in [1.165, 1.54) is 6.07 Å². The fourth-order valence-electron chi connectivity index (χ4n) is 2.74. The Balaban J connectivity index is 2.37. The summed E-state index contributed by atoms with van der Waals surface area (Å²) in [4.78, 5) is 24.8. The molecule has 4 N–H and O–H groups in total. The van der Waals surface area contributed by atoms with E-state index in [1.807, 2.05) is 0 Å². The van der Waals surface area contributed by atoms with Crippen LogP contribution in [0.1, 0.15) is 26.3 Å². The minimum Gasteiger partial charge on any atom is -0.507 e. The number of aromatic carboxylic acids is 1. The highest BCUT2D eigenvalue weighted by Crippen LogP contribution is 2.43. The van der Waals surface area contributed by atoms with Crippen molar-refractivity contribution in [1.29, 1.82) is 0 Å². The summed E-state index contributed by atoms with van der Waals surface area (Å²) >= 11 is 24.0. The molecular formula is C18H9Cl4NO4. The Morgan fingerprint density at radius 2 is 1.37 bits per heavy atom. The van der Waals surface area contributed by atoms with Gasteiger partial charge in [-0.05, 0) is 6.07 Å². The Morgan fingerprint density at radius 1 is 0.852 bits per heavy atom. The maximum Gasteiger partial charge on any atom is 0.338 e. The van der Waals surface area contributed by atoms with E-state index in [0.29, 0.717) is 10.8 Å². The van der Waals surface area contributed by atoms with Gasteiger partial charge in [-0.25, -0.2) is 4.79 Å². The number of benzene rings is 3. The average molecular weight is 445 g/mol. The number of carboxylic acids is 1. The van der Waals surface area contributed by atoms with Crippen LogP contribution >= 0.6 is 46.4 Å². The lowest BCUT2D eigenvalue weighted by molar-refractivity contribution is 0.0693. The van der Waals surface area contributed by atoms with Crippen molar-refractivity contribution in [2.24, 2.45) is 0 Å². The van der Waals surface area contributed by atoms with Crippen LogP contribution in [0.3, 0.4) is 0 Å². The summed E-state index contributed by atoms with van der Waals surface area (Å²) in [7, 11) is 0. The number of hydrogen-bond acceptors (Lipinski definition) is 4. The summed E-state index contributed by atoms with van der Waals surface area (Å²) in [5.74, 6) is -2.82. The van der Waals surface area contributed by atoms with Gasteiger partial charge in [0.05, 0.1) is 36.8 Å². The standard InChI is InChI=1S/C18H9Cl4NO4/c19-12-10(11(18(26)27)13(20)15(22)14(12)21)17(25)8-5-9(23)6-3-1-2-4-7(6)16(8)24/h1-5,24H,23H2,(H,26,27). The van der Waals surface area contributed by atoms with E-state index in [1.54, 1.807) is 24.3 Å². The van der Waals surface area contributed by atoms with Gasteiger partial charge in [-0.2, -0.15) is 0 Å². The van der Waals surface area contributed by atoms with Gasteiger partial charge in [-0.15, -0.1) is 0 Å². The third kappa shape index (κ3) is 3.07. The van der Waals surface area contributed by atoms with Gasteiger partial charge in [0.15, 0.2) is 5.78 Å². The molecule has 3 aromatic rings. The molecule has 0 aliphatic heterocycles. The monoisotopic (exact) mass is 443 g/mol. The van der Waals surface area contributed by atoms with Crippen LogP contribution in [0.25, 0.3) is 10.8 Å². The van der Waals surface area contributed by atoms with Crippen molar-refractivity contribution in [1.82, 2.24) is 0 Å². The molecule has 5 nitrogen and oxygen atoms in total. The second-order valence-corrected chi connectivity index (χ2v) is 7.06. The summed E-state index contributed by atoms with van der Waals surface area (Å²) in [5.41, 5.74) is 4.83. The van der Waals surface area contributed by atoms with Crippen LogP contribution in [0.15, 0.2) is 30.3 Å². The Labute approximate surface area is 172 Å². The van der Waals surface area contributed by atoms with Gasteiger partial charge in [-0.1, -0.05) is 70.7 Å². The van der Waals surface area contributed by atoms with Crippen molar-refractivity contribution >= 4 is 74.6 Å². The molecule has 138 valence electrons. The fraction of sp³-hybridized carbons (Fsp3) is 0. The van der Waals surface area contributed by atoms with Crippen molar-refractivity contribution in [3.63, 3.8) is 0 Å². The van der Waals surface area contributed by atoms with Gasteiger partial charge in [-0.3, -0.25) is 4.79 Å². The molecule has 0 aromatic heterocycles. The minimum atomic E-state index is -1.53. The zero-order valence-electron chi connectivity index (χ0n) is 13.2. The summed E-state index contributed by atoms with van der Waals surface area (Å²) in [6, 6.07) is 7.85. The number of nitrogen functional groups attached to an aromatic ring is 1. The molecule has 9 heteroatoms. The second kappa shape index (κ2) is 7.09. The second-order valence-electron chi connectivity index (χ2n) is 5.55. The fourth-order valence-corrected chi connectivity index (χ4v) is 3.76. The maximum absolute atomic E-state index is 13.1. The number of fused-ring (bicyclic) bond motifs is 1. The molecule has 0 saturated carbocycles. The maximum atomic E-state index is 13.1. The Hall–Kier alpha value is -2.18. The van der Waals surface area contributed by atoms with Crippen LogP contribution in [0.2, 0.25) is 20.1 Å². The average Bonchev–Trinajstić information content (AvgIpc) is 2.64. The number of carbonyl (C=O) groups excluding carboxylic acids is 1. The van der Waals surface area contributed by atoms with Crippen LogP contribution in [0.5, 0.6) is 5.75 Å². The molecule has 0 heterocycles. The van der Waals surface area contributed by atoms with Gasteiger partial charge in [0, 0.05) is 16.5 Å². The highest BCUT2D eigenvalue weighted by molar-refractivity contribution is 6.54. The smallest absolute Gasteiger partial charge is 0.338 e. The number of carbonyl (C=O) groups is 2. The van der Waals surface area contributed by atoms with Gasteiger partial charge < -0.3 is 15.9 Å². The zero-order chi connectivity index (χ0) is 20.0. The number of phenolic OH excluding ortho intramolecular Hbond substituents is 1. The number of halogens is 4. The number of anilines is 1. The molecule has 0 radical (unpaired) electrons. The molecule has 0 aliphatic carbocycles. The van der Waals surface area contributed by atoms with Crippen molar-refractivity contribution in [3.8, 4) is 5.75 Å². The normalized spacial score (nSPS) is 11.0. The molecule has 0 atom stereocenters. The number of aromatic hydroxyl groups is 1. The molecular weight excluding hydrogens is 436 g/mol. The summed E-state index contributed by atoms with van der Waals surface area (Å²) in [5, 5.41) is 19.5. The molecule has 0 spiro atoms. The van der Waals surface area contributed by atoms with E-state index in [2.05, 4.69) is 0 Å². The van der Waals surface area contributed by atoms with E-state index >= 15 is 0 Å². The Bertz CT molecular complexity index is 1140. The number of rotatable bonds is 3. The first kappa shape index (κ1) is 19.6. The molecule has 0 aliphatic rings. The number of hydrogen-bond donors (Lipinski definition) is 3. The summed E-state index contributed by atoms with van der Waals surface area (Å²) in [6.07, 6.45) is 0. The first-order valence-corrected chi connectivity index (χ1v) is 8.82. The van der Waals surface area contributed by atoms with Crippen LogP contribution in [-0.2, 0) is 0 Å². The van der Waals surface area contributed by atoms with Crippen molar-refractivity contribution in [3.05, 3.63) is 67.1 Å². The van der Waals surface area contributed by atoms with Crippen molar-refractivity contribution in [2.45, 2.75) is 0 Å². The van der Waals surface area contributed by atoms with Crippen molar-refractivity contribution < 1.29 is 19.8 Å². The predicted molar refractivity (Wildman–Crippen MR) is 107 cm³/mol. The third-order valence-electron chi connectivity index (χ3n) is 4.00. The van der Waals surface area contributed by atoms with Gasteiger partial charge >= 0.3 is 5.97 Å². The highest BCUT2D eigenvalue weighted by atomic mass is 35.5. The first-order valence-electron chi connectivity index (χ1n) is 7.30. The number of phenols is 1. The lowest BCUT2D eigenvalue weighted by atomic mass is 9.94. The molecule has 0 unspecified atom stereocenters. The first-order chi connectivity index (χ1) is 12.7. The topological polar surface area (TPSA) is 101 Å². The molecule has 0 saturated heterocycles. The largest absolute Gasteiger partial charge is 0.507 e. The van der Waals surface area contributed by atoms with Gasteiger partial charge in [0.1, 0.15) is 5.75 Å². The lowest BCUT2D eigenvalue weighted by Crippen LogP contribution is -2.13. The Morgan fingerprint density at radius 3 is 1.93 bits per heavy atom. The number of ketones is 1. The van der Waals surface area contributed by atoms with Crippen LogP contribution in [0, 0.1) is 0 Å². The lowest BCUT2D eigenvalue weighted by Gasteiger charge is -2.15. The van der Waals surface area contributed by atoms with E-state index in [4.69, 9.17) is 52.1 Å². The summed E-state index contributed by atoms with van der Waals surface area (Å²) in [6.45, 7) is 0. The predicted octanol–water partition coefficient (Wildman–Crippen LogP) is 5.67. The number of carboxylic acid groups (broad SMARTS) is 1. The third-order valence-corrected chi connectivity index (χ3v) is 5.80. The number of nitrogens with two attached hydrogens (primary N) is 1. The highest BCUT2D eigenvalue weighted by Gasteiger charge is 2.31. The SMILES string of the molecule is Nc1cc(C(=O)c2c(Cl)c(Cl)c(Cl)c(Cl)c2C(=O)O)c(O)c2ccccc12. The van der Waals surface area contributed by atoms with Gasteiger partial charge in [0.2, 0.25) is 0 Å². The van der Waals surface area contributed by atoms with E-state index in [0.717, 1.165) is 0 Å². The van der Waals surface area contributed by atoms with Crippen LogP contribution in [0.4, 0.5) is 5.69 Å². The van der Waals surface area contributed by atoms with Crippen LogP contribution < -0.4 is 5.73 Å². The van der Waals surface area contributed by atoms with Crippen molar-refractivity contribution in [2.75, 3.05) is 5.73 Å². The molecule has 0 fully saturated rings. The molecule has 3 rings (SSSR count). The summed E-state index contributed by atoms with van der Waals surface area (Å²) < 4.78 is 0. The molecule has 27 heavy (non-hydrogen) atoms. The minimum absolute atomic E-state index is 0.214. The molecule has 0 amide bonds. The quantitative estimate of drug-likeness (QED) is 0.159. The van der Waals surface area contributed by atoms with Crippen LogP contribution in [-0.4, -0.2) is 22.0 Å². The van der Waals surface area contributed by atoms with E-state index in [-0.39, 0.29) is 32.1 Å². The van der Waals surface area contributed by atoms with E-state index < -0.39 is 27.9 Å².